The maximum Gasteiger partial charge on any atom is 0.263 e. The van der Waals surface area contributed by atoms with E-state index in [1.807, 2.05) is 12.1 Å². The number of nitrogens with zero attached hydrogens (tertiary/aromatic N) is 2. The second kappa shape index (κ2) is 9.25. The van der Waals surface area contributed by atoms with E-state index >= 15 is 0 Å². The Bertz CT molecular complexity index is 1040. The highest BCUT2D eigenvalue weighted by Crippen LogP contribution is 2.34. The Hall–Kier alpha value is -2.62. The molecule has 8 nitrogen and oxygen atoms in total. The Kier molecular flexibility index (Phi) is 6.45. The number of amides is 1. The average Bonchev–Trinajstić information content (AvgIpc) is 2.77. The normalized spacial score (nSPS) is 19.4. The summed E-state index contributed by atoms with van der Waals surface area (Å²) in [4.78, 5) is 15.1. The van der Waals surface area contributed by atoms with Crippen LogP contribution in [0.1, 0.15) is 11.1 Å². The molecule has 31 heavy (non-hydrogen) atoms. The van der Waals surface area contributed by atoms with Crippen LogP contribution < -0.4 is 14.4 Å². The minimum atomic E-state index is -3.53. The number of benzene rings is 2. The predicted octanol–water partition coefficient (Wildman–Crippen LogP) is 1.36. The Morgan fingerprint density at radius 3 is 2.61 bits per heavy atom. The maximum atomic E-state index is 12.8. The molecule has 2 aliphatic heterocycles. The van der Waals surface area contributed by atoms with E-state index in [-0.39, 0.29) is 12.5 Å². The summed E-state index contributed by atoms with van der Waals surface area (Å²) in [6.07, 6.45) is 0.213. The van der Waals surface area contributed by atoms with Crippen molar-refractivity contribution in [3.63, 3.8) is 0 Å². The van der Waals surface area contributed by atoms with E-state index in [2.05, 4.69) is 22.3 Å². The van der Waals surface area contributed by atoms with Crippen LogP contribution in [0.15, 0.2) is 48.5 Å². The number of carbonyl (C=O) groups is 1. The number of hydrogen-bond acceptors (Lipinski definition) is 6. The summed E-state index contributed by atoms with van der Waals surface area (Å²) in [5.41, 5.74) is 2.61. The van der Waals surface area contributed by atoms with Gasteiger partial charge in [-0.05, 0) is 23.3 Å². The van der Waals surface area contributed by atoms with Crippen molar-refractivity contribution in [2.75, 3.05) is 43.4 Å². The van der Waals surface area contributed by atoms with Gasteiger partial charge >= 0.3 is 0 Å². The lowest BCUT2D eigenvalue weighted by molar-refractivity contribution is -0.127. The van der Waals surface area contributed by atoms with E-state index in [1.165, 1.54) is 9.87 Å². The van der Waals surface area contributed by atoms with Crippen molar-refractivity contribution in [2.24, 2.45) is 0 Å². The number of rotatable bonds is 6. The third kappa shape index (κ3) is 5.36. The molecule has 2 aromatic rings. The molecule has 2 aliphatic rings. The number of fused-ring (bicyclic) bond motifs is 1. The molecule has 1 fully saturated rings. The van der Waals surface area contributed by atoms with Gasteiger partial charge in [-0.15, -0.1) is 0 Å². The standard InChI is InChI=1S/C22H27N3O5S/c1-31(27,28)25-16-21(30-20-8-3-2-7-19(20)25)22(26)23-14-17-5-4-6-18(13-17)15-24-9-11-29-12-10-24/h2-8,13,21H,9-12,14-16H2,1H3,(H,23,26)/t21-/m1/s1. The number of ether oxygens (including phenoxy) is 2. The molecule has 2 heterocycles. The number of anilines is 1. The Labute approximate surface area is 182 Å². The highest BCUT2D eigenvalue weighted by atomic mass is 32.2. The highest BCUT2D eigenvalue weighted by molar-refractivity contribution is 7.92. The molecule has 0 unspecified atom stereocenters. The predicted molar refractivity (Wildman–Crippen MR) is 117 cm³/mol. The van der Waals surface area contributed by atoms with Gasteiger partial charge in [0.2, 0.25) is 10.0 Å². The summed E-state index contributed by atoms with van der Waals surface area (Å²) in [6.45, 7) is 4.47. The van der Waals surface area contributed by atoms with Crippen molar-refractivity contribution in [3.05, 3.63) is 59.7 Å². The van der Waals surface area contributed by atoms with Gasteiger partial charge in [0.05, 0.1) is 31.7 Å². The summed E-state index contributed by atoms with van der Waals surface area (Å²) in [5.74, 6) is 0.0357. The van der Waals surface area contributed by atoms with Gasteiger partial charge in [-0.3, -0.25) is 14.0 Å². The summed E-state index contributed by atoms with van der Waals surface area (Å²) >= 11 is 0. The molecule has 1 saturated heterocycles. The molecule has 2 aromatic carbocycles. The molecule has 166 valence electrons. The zero-order valence-electron chi connectivity index (χ0n) is 17.5. The fraction of sp³-hybridized carbons (Fsp3) is 0.409. The number of para-hydroxylation sites is 2. The number of morpholine rings is 1. The van der Waals surface area contributed by atoms with E-state index in [0.29, 0.717) is 18.0 Å². The molecular weight excluding hydrogens is 418 g/mol. The van der Waals surface area contributed by atoms with E-state index in [1.54, 1.807) is 24.3 Å². The summed E-state index contributed by atoms with van der Waals surface area (Å²) in [6, 6.07) is 14.9. The lowest BCUT2D eigenvalue weighted by atomic mass is 10.1. The number of sulfonamides is 1. The van der Waals surface area contributed by atoms with Gasteiger partial charge in [-0.25, -0.2) is 8.42 Å². The van der Waals surface area contributed by atoms with Crippen LogP contribution in [-0.2, 0) is 32.6 Å². The second-order valence-electron chi connectivity index (χ2n) is 7.79. The third-order valence-electron chi connectivity index (χ3n) is 5.40. The van der Waals surface area contributed by atoms with Crippen molar-refractivity contribution in [3.8, 4) is 5.75 Å². The van der Waals surface area contributed by atoms with Crippen LogP contribution in [0.4, 0.5) is 5.69 Å². The Morgan fingerprint density at radius 1 is 1.10 bits per heavy atom. The van der Waals surface area contributed by atoms with Gasteiger partial charge in [-0.1, -0.05) is 36.4 Å². The molecule has 1 N–H and O–H groups in total. The second-order valence-corrected chi connectivity index (χ2v) is 9.70. The van der Waals surface area contributed by atoms with Gasteiger partial charge in [0, 0.05) is 26.2 Å². The maximum absolute atomic E-state index is 12.8. The average molecular weight is 446 g/mol. The molecule has 4 rings (SSSR count). The van der Waals surface area contributed by atoms with Crippen LogP contribution in [0.3, 0.4) is 0 Å². The quantitative estimate of drug-likeness (QED) is 0.723. The van der Waals surface area contributed by atoms with Crippen molar-refractivity contribution in [2.45, 2.75) is 19.2 Å². The molecule has 9 heteroatoms. The smallest absolute Gasteiger partial charge is 0.263 e. The van der Waals surface area contributed by atoms with Crippen LogP contribution in [-0.4, -0.2) is 64.4 Å². The van der Waals surface area contributed by atoms with Crippen LogP contribution in [0.5, 0.6) is 5.75 Å². The number of hydrogen-bond donors (Lipinski definition) is 1. The molecule has 0 radical (unpaired) electrons. The summed E-state index contributed by atoms with van der Waals surface area (Å²) < 4.78 is 36.9. The fourth-order valence-corrected chi connectivity index (χ4v) is 4.73. The lowest BCUT2D eigenvalue weighted by Crippen LogP contribution is -2.50. The van der Waals surface area contributed by atoms with Crippen LogP contribution in [0.25, 0.3) is 0 Å². The van der Waals surface area contributed by atoms with Gasteiger partial charge in [0.25, 0.3) is 5.91 Å². The van der Waals surface area contributed by atoms with E-state index in [9.17, 15) is 13.2 Å². The van der Waals surface area contributed by atoms with Gasteiger partial charge in [-0.2, -0.15) is 0 Å². The molecule has 0 aliphatic carbocycles. The molecule has 1 atom stereocenters. The molecule has 0 spiro atoms. The first-order valence-electron chi connectivity index (χ1n) is 10.3. The van der Waals surface area contributed by atoms with E-state index < -0.39 is 16.1 Å². The SMILES string of the molecule is CS(=O)(=O)N1C[C@H](C(=O)NCc2cccc(CN3CCOCC3)c2)Oc2ccccc21. The van der Waals surface area contributed by atoms with Crippen LogP contribution >= 0.6 is 0 Å². The molecule has 0 bridgehead atoms. The van der Waals surface area contributed by atoms with Gasteiger partial charge in [0.15, 0.2) is 6.10 Å². The van der Waals surface area contributed by atoms with E-state index in [4.69, 9.17) is 9.47 Å². The zero-order valence-corrected chi connectivity index (χ0v) is 18.3. The Morgan fingerprint density at radius 2 is 1.84 bits per heavy atom. The molecule has 1 amide bonds. The monoisotopic (exact) mass is 445 g/mol. The molecule has 0 saturated carbocycles. The minimum absolute atomic E-state index is 0.0568. The number of nitrogens with one attached hydrogen (secondary N) is 1. The lowest BCUT2D eigenvalue weighted by Gasteiger charge is -2.33. The van der Waals surface area contributed by atoms with E-state index in [0.717, 1.165) is 44.7 Å². The summed E-state index contributed by atoms with van der Waals surface area (Å²) in [5, 5.41) is 2.88. The van der Waals surface area contributed by atoms with Gasteiger partial charge in [0.1, 0.15) is 5.75 Å². The Balaban J connectivity index is 1.39. The fourth-order valence-electron chi connectivity index (χ4n) is 3.81. The largest absolute Gasteiger partial charge is 0.476 e. The topological polar surface area (TPSA) is 88.2 Å². The first kappa shape index (κ1) is 21.6. The van der Waals surface area contributed by atoms with Crippen molar-refractivity contribution in [1.82, 2.24) is 10.2 Å². The minimum Gasteiger partial charge on any atom is -0.476 e. The molecular formula is C22H27N3O5S. The van der Waals surface area contributed by atoms with Crippen molar-refractivity contribution >= 4 is 21.6 Å². The first-order chi connectivity index (χ1) is 14.9. The molecule has 0 aromatic heterocycles. The van der Waals surface area contributed by atoms with Crippen LogP contribution in [0, 0.1) is 0 Å². The van der Waals surface area contributed by atoms with Gasteiger partial charge < -0.3 is 14.8 Å². The summed E-state index contributed by atoms with van der Waals surface area (Å²) in [7, 11) is -3.53. The van der Waals surface area contributed by atoms with Crippen molar-refractivity contribution in [1.29, 1.82) is 0 Å². The number of carbonyl (C=O) groups excluding carboxylic acids is 1. The highest BCUT2D eigenvalue weighted by Gasteiger charge is 2.34. The first-order valence-corrected chi connectivity index (χ1v) is 12.1. The third-order valence-corrected chi connectivity index (χ3v) is 6.54. The zero-order chi connectivity index (χ0) is 21.8. The van der Waals surface area contributed by atoms with Crippen molar-refractivity contribution < 1.29 is 22.7 Å². The van der Waals surface area contributed by atoms with Crippen LogP contribution in [0.2, 0.25) is 0 Å².